The molecule has 2 unspecified atom stereocenters. The molecule has 0 aliphatic heterocycles. The monoisotopic (exact) mass is 342 g/mol. The summed E-state index contributed by atoms with van der Waals surface area (Å²) in [6.07, 6.45) is 1.26. The van der Waals surface area contributed by atoms with Gasteiger partial charge in [0.25, 0.3) is 0 Å². The summed E-state index contributed by atoms with van der Waals surface area (Å²) in [6.45, 7) is 4.01. The van der Waals surface area contributed by atoms with E-state index in [9.17, 15) is 4.79 Å². The molecule has 0 heterocycles. The number of anilines is 1. The zero-order valence-electron chi connectivity index (χ0n) is 14.7. The average Bonchev–Trinajstić information content (AvgIpc) is 2.62. The fourth-order valence-corrected chi connectivity index (χ4v) is 2.51. The van der Waals surface area contributed by atoms with Crippen LogP contribution in [0.4, 0.5) is 10.5 Å². The van der Waals surface area contributed by atoms with Gasteiger partial charge in [0.05, 0.1) is 5.69 Å². The Labute approximate surface area is 149 Å². The van der Waals surface area contributed by atoms with Crippen LogP contribution in [0.25, 0.3) is 0 Å². The molecule has 2 aromatic rings. The average molecular weight is 342 g/mol. The van der Waals surface area contributed by atoms with E-state index >= 15 is 0 Å². The van der Waals surface area contributed by atoms with Crippen molar-refractivity contribution in [1.29, 1.82) is 0 Å². The second-order valence-electron chi connectivity index (χ2n) is 6.03. The lowest BCUT2D eigenvalue weighted by atomic mass is 10.1. The lowest BCUT2D eigenvalue weighted by Crippen LogP contribution is -2.36. The second-order valence-corrected chi connectivity index (χ2v) is 6.03. The molecule has 0 fully saturated rings. The van der Waals surface area contributed by atoms with Crippen LogP contribution in [0.1, 0.15) is 38.4 Å². The van der Waals surface area contributed by atoms with Crippen molar-refractivity contribution in [2.75, 3.05) is 11.9 Å². The summed E-state index contributed by atoms with van der Waals surface area (Å²) in [4.78, 5) is 12.2. The molecule has 25 heavy (non-hydrogen) atoms. The zero-order chi connectivity index (χ0) is 18.1. The molecule has 5 nitrogen and oxygen atoms in total. The van der Waals surface area contributed by atoms with Gasteiger partial charge in [-0.05, 0) is 44.4 Å². The number of aliphatic hydroxyl groups excluding tert-OH is 1. The zero-order valence-corrected chi connectivity index (χ0v) is 14.7. The molecular formula is C20H26N2O3. The summed E-state index contributed by atoms with van der Waals surface area (Å²) in [7, 11) is 0. The topological polar surface area (TPSA) is 70.6 Å². The number of ether oxygens (including phenoxy) is 1. The predicted octanol–water partition coefficient (Wildman–Crippen LogP) is 4.11. The van der Waals surface area contributed by atoms with Crippen molar-refractivity contribution in [3.8, 4) is 5.75 Å². The standard InChI is InChI=1S/C20H26N2O3/c1-15(9-8-14-23)21-20(24)22-18-12-6-7-13-19(18)25-16(2)17-10-4-3-5-11-17/h3-7,10-13,15-16,23H,8-9,14H2,1-2H3,(H2,21,22,24). The molecule has 2 amide bonds. The molecule has 3 N–H and O–H groups in total. The van der Waals surface area contributed by atoms with Gasteiger partial charge in [0.1, 0.15) is 11.9 Å². The number of amides is 2. The summed E-state index contributed by atoms with van der Waals surface area (Å²) >= 11 is 0. The largest absolute Gasteiger partial charge is 0.484 e. The van der Waals surface area contributed by atoms with Gasteiger partial charge < -0.3 is 20.5 Å². The Morgan fingerprint density at radius 3 is 2.48 bits per heavy atom. The molecule has 134 valence electrons. The normalized spacial score (nSPS) is 12.9. The number of hydrogen-bond acceptors (Lipinski definition) is 3. The third-order valence-electron chi connectivity index (χ3n) is 3.88. The minimum Gasteiger partial charge on any atom is -0.484 e. The number of benzene rings is 2. The van der Waals surface area contributed by atoms with Gasteiger partial charge >= 0.3 is 6.03 Å². The number of para-hydroxylation sites is 2. The molecule has 0 saturated carbocycles. The van der Waals surface area contributed by atoms with Gasteiger partial charge in [0.2, 0.25) is 0 Å². The van der Waals surface area contributed by atoms with E-state index in [0.717, 1.165) is 12.0 Å². The molecule has 0 aliphatic carbocycles. The number of hydrogen-bond donors (Lipinski definition) is 3. The van der Waals surface area contributed by atoms with Gasteiger partial charge in [0, 0.05) is 12.6 Å². The number of urea groups is 1. The van der Waals surface area contributed by atoms with Crippen LogP contribution < -0.4 is 15.4 Å². The highest BCUT2D eigenvalue weighted by Crippen LogP contribution is 2.28. The molecule has 0 bridgehead atoms. The molecule has 0 aromatic heterocycles. The SMILES string of the molecule is CC(CCCO)NC(=O)Nc1ccccc1OC(C)c1ccccc1. The molecule has 0 aliphatic rings. The van der Waals surface area contributed by atoms with Gasteiger partial charge in [-0.2, -0.15) is 0 Å². The van der Waals surface area contributed by atoms with E-state index in [1.807, 2.05) is 68.4 Å². The van der Waals surface area contributed by atoms with Crippen LogP contribution in [0.5, 0.6) is 5.75 Å². The number of rotatable bonds is 8. The van der Waals surface area contributed by atoms with Crippen LogP contribution in [0.15, 0.2) is 54.6 Å². The molecule has 2 rings (SSSR count). The number of nitrogens with one attached hydrogen (secondary N) is 2. The highest BCUT2D eigenvalue weighted by atomic mass is 16.5. The third kappa shape index (κ3) is 6.12. The van der Waals surface area contributed by atoms with Crippen molar-refractivity contribution in [1.82, 2.24) is 5.32 Å². The maximum Gasteiger partial charge on any atom is 0.319 e. The van der Waals surface area contributed by atoms with Crippen LogP contribution in [0.2, 0.25) is 0 Å². The summed E-state index contributed by atoms with van der Waals surface area (Å²) in [5, 5.41) is 14.5. The number of aliphatic hydroxyl groups is 1. The smallest absolute Gasteiger partial charge is 0.319 e. The minimum atomic E-state index is -0.283. The molecule has 0 spiro atoms. The van der Waals surface area contributed by atoms with Crippen LogP contribution in [-0.4, -0.2) is 23.8 Å². The van der Waals surface area contributed by atoms with Crippen LogP contribution in [-0.2, 0) is 0 Å². The molecular weight excluding hydrogens is 316 g/mol. The Morgan fingerprint density at radius 2 is 1.76 bits per heavy atom. The van der Waals surface area contributed by atoms with E-state index in [-0.39, 0.29) is 24.8 Å². The van der Waals surface area contributed by atoms with Gasteiger partial charge in [-0.1, -0.05) is 42.5 Å². The fraction of sp³-hybridized carbons (Fsp3) is 0.350. The molecule has 0 radical (unpaired) electrons. The Balaban J connectivity index is 1.99. The summed E-state index contributed by atoms with van der Waals surface area (Å²) in [5.74, 6) is 0.622. The lowest BCUT2D eigenvalue weighted by molar-refractivity contribution is 0.227. The van der Waals surface area contributed by atoms with Gasteiger partial charge in [-0.25, -0.2) is 4.79 Å². The van der Waals surface area contributed by atoms with E-state index < -0.39 is 0 Å². The predicted molar refractivity (Wildman–Crippen MR) is 99.9 cm³/mol. The maximum atomic E-state index is 12.2. The van der Waals surface area contributed by atoms with Crippen LogP contribution in [0, 0.1) is 0 Å². The molecule has 0 saturated heterocycles. The van der Waals surface area contributed by atoms with Crippen molar-refractivity contribution in [2.24, 2.45) is 0 Å². The Kier molecular flexibility index (Phi) is 7.29. The quantitative estimate of drug-likeness (QED) is 0.676. The van der Waals surface area contributed by atoms with E-state index in [4.69, 9.17) is 9.84 Å². The second kappa shape index (κ2) is 9.69. The van der Waals surface area contributed by atoms with E-state index in [1.54, 1.807) is 0 Å². The molecule has 5 heteroatoms. The van der Waals surface area contributed by atoms with Gasteiger partial charge in [-0.3, -0.25) is 0 Å². The summed E-state index contributed by atoms with van der Waals surface area (Å²) in [6, 6.07) is 17.0. The third-order valence-corrected chi connectivity index (χ3v) is 3.88. The van der Waals surface area contributed by atoms with E-state index in [1.165, 1.54) is 0 Å². The first-order chi connectivity index (χ1) is 12.1. The first kappa shape index (κ1) is 18.8. The van der Waals surface area contributed by atoms with Crippen molar-refractivity contribution < 1.29 is 14.6 Å². The Bertz CT molecular complexity index is 661. The van der Waals surface area contributed by atoms with Crippen LogP contribution >= 0.6 is 0 Å². The van der Waals surface area contributed by atoms with Gasteiger partial charge in [-0.15, -0.1) is 0 Å². The van der Waals surface area contributed by atoms with Crippen molar-refractivity contribution in [3.63, 3.8) is 0 Å². The van der Waals surface area contributed by atoms with Crippen molar-refractivity contribution in [2.45, 2.75) is 38.8 Å². The maximum absolute atomic E-state index is 12.2. The highest BCUT2D eigenvalue weighted by molar-refractivity contribution is 5.91. The van der Waals surface area contributed by atoms with E-state index in [2.05, 4.69) is 10.6 Å². The molecule has 2 aromatic carbocycles. The Hall–Kier alpha value is -2.53. The highest BCUT2D eigenvalue weighted by Gasteiger charge is 2.13. The van der Waals surface area contributed by atoms with Crippen molar-refractivity contribution in [3.05, 3.63) is 60.2 Å². The first-order valence-electron chi connectivity index (χ1n) is 8.59. The van der Waals surface area contributed by atoms with Gasteiger partial charge in [0.15, 0.2) is 0 Å². The Morgan fingerprint density at radius 1 is 1.08 bits per heavy atom. The fourth-order valence-electron chi connectivity index (χ4n) is 2.51. The molecule has 2 atom stereocenters. The van der Waals surface area contributed by atoms with Crippen molar-refractivity contribution >= 4 is 11.7 Å². The van der Waals surface area contributed by atoms with Crippen LogP contribution in [0.3, 0.4) is 0 Å². The number of carbonyl (C=O) groups is 1. The van der Waals surface area contributed by atoms with E-state index in [0.29, 0.717) is 17.9 Å². The minimum absolute atomic E-state index is 0.0107. The number of carbonyl (C=O) groups excluding carboxylic acids is 1. The summed E-state index contributed by atoms with van der Waals surface area (Å²) in [5.41, 5.74) is 1.69. The lowest BCUT2D eigenvalue weighted by Gasteiger charge is -2.19. The summed E-state index contributed by atoms with van der Waals surface area (Å²) < 4.78 is 6.03. The first-order valence-corrected chi connectivity index (χ1v) is 8.59.